The molecule has 0 fully saturated rings. The van der Waals surface area contributed by atoms with Gasteiger partial charge < -0.3 is 4.43 Å². The van der Waals surface area contributed by atoms with Crippen molar-refractivity contribution >= 4 is 39.6 Å². The predicted molar refractivity (Wildman–Crippen MR) is 105 cm³/mol. The summed E-state index contributed by atoms with van der Waals surface area (Å²) < 4.78 is 6.26. The highest BCUT2D eigenvalue weighted by molar-refractivity contribution is 6.83. The molecule has 0 radical (unpaired) electrons. The van der Waals surface area contributed by atoms with Crippen LogP contribution < -0.4 is 4.43 Å². The summed E-state index contributed by atoms with van der Waals surface area (Å²) in [5.41, 5.74) is 4.09. The van der Waals surface area contributed by atoms with E-state index in [2.05, 4.69) is 65.0 Å². The molecule has 0 aliphatic heterocycles. The van der Waals surface area contributed by atoms with Crippen LogP contribution in [0.3, 0.4) is 0 Å². The monoisotopic (exact) mass is 372 g/mol. The maximum Gasteiger partial charge on any atom is 0.250 e. The minimum atomic E-state index is -1.94. The molecule has 1 aromatic rings. The first-order chi connectivity index (χ1) is 9.73. The summed E-state index contributed by atoms with van der Waals surface area (Å²) in [6.45, 7) is 17.6. The Morgan fingerprint density at radius 1 is 0.955 bits per heavy atom. The fourth-order valence-corrected chi connectivity index (χ4v) is 3.39. The van der Waals surface area contributed by atoms with Gasteiger partial charge in [0, 0.05) is 11.6 Å². The van der Waals surface area contributed by atoms with E-state index in [1.165, 1.54) is 0 Å². The van der Waals surface area contributed by atoms with Crippen molar-refractivity contribution in [1.29, 1.82) is 0 Å². The van der Waals surface area contributed by atoms with Gasteiger partial charge in [0.25, 0.3) is 8.32 Å². The molecule has 1 aromatic carbocycles. The van der Waals surface area contributed by atoms with Gasteiger partial charge in [-0.1, -0.05) is 69.5 Å². The average Bonchev–Trinajstić information content (AvgIpc) is 2.28. The Morgan fingerprint density at radius 3 is 1.95 bits per heavy atom. The van der Waals surface area contributed by atoms with E-state index in [4.69, 9.17) is 27.6 Å². The van der Waals surface area contributed by atoms with Gasteiger partial charge in [-0.2, -0.15) is 0 Å². The molecule has 0 unspecified atom stereocenters. The first-order valence-electron chi connectivity index (χ1n) is 7.44. The van der Waals surface area contributed by atoms with Crippen LogP contribution in [0, 0.1) is 11.5 Å². The smallest absolute Gasteiger partial charge is 0.250 e. The fraction of sp³-hybridized carbons (Fsp3) is 0.529. The van der Waals surface area contributed by atoms with Gasteiger partial charge in [-0.3, -0.25) is 0 Å². The Kier molecular flexibility index (Phi) is 5.90. The molecule has 1 nitrogen and oxygen atoms in total. The summed E-state index contributed by atoms with van der Waals surface area (Å²) in [7, 11) is -3.38. The van der Waals surface area contributed by atoms with Crippen LogP contribution in [0.5, 0.6) is 5.75 Å². The van der Waals surface area contributed by atoms with Gasteiger partial charge >= 0.3 is 0 Å². The molecule has 0 saturated heterocycles. The largest absolute Gasteiger partial charge is 0.542 e. The molecule has 0 amide bonds. The summed E-state index contributed by atoms with van der Waals surface area (Å²) in [6.07, 6.45) is 0. The average molecular weight is 373 g/mol. The van der Waals surface area contributed by atoms with E-state index in [9.17, 15) is 0 Å². The van der Waals surface area contributed by atoms with E-state index in [1.807, 2.05) is 6.07 Å². The Morgan fingerprint density at radius 2 is 1.50 bits per heavy atom. The maximum absolute atomic E-state index is 6.39. The molecule has 0 aliphatic rings. The van der Waals surface area contributed by atoms with Crippen molar-refractivity contribution in [3.05, 3.63) is 27.7 Å². The van der Waals surface area contributed by atoms with Gasteiger partial charge in [-0.25, -0.2) is 0 Å². The molecule has 5 heteroatoms. The van der Waals surface area contributed by atoms with Crippen molar-refractivity contribution in [3.8, 4) is 17.2 Å². The van der Waals surface area contributed by atoms with Crippen LogP contribution >= 0.6 is 23.2 Å². The Bertz CT molecular complexity index is 615. The van der Waals surface area contributed by atoms with Crippen LogP contribution in [-0.2, 0) is 0 Å². The zero-order valence-corrected chi connectivity index (χ0v) is 18.3. The number of halogens is 2. The third-order valence-corrected chi connectivity index (χ3v) is 9.59. The van der Waals surface area contributed by atoms with E-state index in [0.29, 0.717) is 15.8 Å². The van der Waals surface area contributed by atoms with E-state index in [0.717, 1.165) is 5.56 Å². The quantitative estimate of drug-likeness (QED) is 0.419. The van der Waals surface area contributed by atoms with Crippen molar-refractivity contribution < 1.29 is 4.43 Å². The highest BCUT2D eigenvalue weighted by Gasteiger charge is 2.39. The lowest BCUT2D eigenvalue weighted by atomic mass is 10.2. The molecular formula is C17H26Cl2OSi2. The first kappa shape index (κ1) is 19.6. The van der Waals surface area contributed by atoms with Gasteiger partial charge in [0.1, 0.15) is 13.8 Å². The molecule has 0 aromatic heterocycles. The Balaban J connectivity index is 3.17. The highest BCUT2D eigenvalue weighted by atomic mass is 35.5. The minimum absolute atomic E-state index is 0.110. The van der Waals surface area contributed by atoms with Crippen molar-refractivity contribution in [2.75, 3.05) is 0 Å². The topological polar surface area (TPSA) is 9.23 Å². The van der Waals surface area contributed by atoms with E-state index < -0.39 is 16.4 Å². The van der Waals surface area contributed by atoms with Crippen LogP contribution in [0.25, 0.3) is 0 Å². The molecule has 0 aliphatic carbocycles. The summed E-state index contributed by atoms with van der Waals surface area (Å²) in [5, 5.41) is 1.29. The summed E-state index contributed by atoms with van der Waals surface area (Å²) in [5.74, 6) is 3.83. The molecule has 0 atom stereocenters. The van der Waals surface area contributed by atoms with Crippen LogP contribution in [0.4, 0.5) is 0 Å². The minimum Gasteiger partial charge on any atom is -0.542 e. The van der Waals surface area contributed by atoms with Gasteiger partial charge in [-0.05, 0) is 24.2 Å². The number of benzene rings is 1. The van der Waals surface area contributed by atoms with E-state index in [-0.39, 0.29) is 5.04 Å². The van der Waals surface area contributed by atoms with E-state index in [1.54, 1.807) is 6.07 Å². The zero-order valence-electron chi connectivity index (χ0n) is 14.8. The zero-order chi connectivity index (χ0) is 17.3. The van der Waals surface area contributed by atoms with Crippen molar-refractivity contribution in [2.24, 2.45) is 0 Å². The van der Waals surface area contributed by atoms with Crippen molar-refractivity contribution in [3.63, 3.8) is 0 Å². The summed E-state index contributed by atoms with van der Waals surface area (Å²) in [4.78, 5) is 0. The van der Waals surface area contributed by atoms with Crippen LogP contribution in [0.2, 0.25) is 47.8 Å². The second kappa shape index (κ2) is 6.61. The molecule has 22 heavy (non-hydrogen) atoms. The lowest BCUT2D eigenvalue weighted by molar-refractivity contribution is 0.492. The predicted octanol–water partition coefficient (Wildman–Crippen LogP) is 6.61. The van der Waals surface area contributed by atoms with Crippen molar-refractivity contribution in [1.82, 2.24) is 0 Å². The molecule has 122 valence electrons. The first-order valence-corrected chi connectivity index (χ1v) is 14.6. The van der Waals surface area contributed by atoms with E-state index >= 15 is 0 Å². The van der Waals surface area contributed by atoms with Crippen LogP contribution in [0.15, 0.2) is 12.1 Å². The highest BCUT2D eigenvalue weighted by Crippen LogP contribution is 2.40. The normalized spacial score (nSPS) is 12.6. The second-order valence-corrected chi connectivity index (χ2v) is 18.4. The summed E-state index contributed by atoms with van der Waals surface area (Å²) in [6, 6.07) is 3.62. The number of rotatable bonds is 2. The van der Waals surface area contributed by atoms with Crippen LogP contribution in [-0.4, -0.2) is 16.4 Å². The molecule has 0 N–H and O–H groups in total. The lowest BCUT2D eigenvalue weighted by Gasteiger charge is -2.36. The van der Waals surface area contributed by atoms with Crippen molar-refractivity contribution in [2.45, 2.75) is 58.5 Å². The molecule has 0 bridgehead atoms. The third kappa shape index (κ3) is 5.35. The standard InChI is InChI=1S/C17H26Cl2OSi2/c1-17(2,3)22(7,8)20-16-12-14(18)13(11-15(16)19)9-10-21(4,5)6/h11-12H,1-8H3. The summed E-state index contributed by atoms with van der Waals surface area (Å²) >= 11 is 12.8. The lowest BCUT2D eigenvalue weighted by Crippen LogP contribution is -2.43. The molecule has 0 heterocycles. The Labute approximate surface area is 147 Å². The van der Waals surface area contributed by atoms with Gasteiger partial charge in [0.2, 0.25) is 0 Å². The van der Waals surface area contributed by atoms with Gasteiger partial charge in [0.05, 0.1) is 10.0 Å². The Hall–Kier alpha value is -0.406. The maximum atomic E-state index is 6.39. The fourth-order valence-electron chi connectivity index (χ4n) is 1.39. The third-order valence-electron chi connectivity index (χ3n) is 3.77. The van der Waals surface area contributed by atoms with Gasteiger partial charge in [0.15, 0.2) is 0 Å². The molecule has 0 spiro atoms. The number of hydrogen-bond acceptors (Lipinski definition) is 1. The molecule has 0 saturated carbocycles. The van der Waals surface area contributed by atoms with Gasteiger partial charge in [-0.15, -0.1) is 5.54 Å². The SMILES string of the molecule is CC(C)(C)[Si](C)(C)Oc1cc(Cl)c(C#C[Si](C)(C)C)cc1Cl. The molecule has 1 rings (SSSR count). The molecular weight excluding hydrogens is 347 g/mol. The number of hydrogen-bond donors (Lipinski definition) is 0. The van der Waals surface area contributed by atoms with Crippen LogP contribution in [0.1, 0.15) is 26.3 Å². The second-order valence-electron chi connectivity index (χ2n) is 8.12.